The fourth-order valence-electron chi connectivity index (χ4n) is 2.72. The van der Waals surface area contributed by atoms with E-state index in [1.165, 1.54) is 12.8 Å². The Morgan fingerprint density at radius 2 is 2.11 bits per heavy atom. The molecule has 4 heteroatoms. The predicted octanol–water partition coefficient (Wildman–Crippen LogP) is 2.22. The van der Waals surface area contributed by atoms with E-state index in [1.807, 2.05) is 6.92 Å². The van der Waals surface area contributed by atoms with E-state index in [2.05, 4.69) is 12.2 Å². The first-order valence-corrected chi connectivity index (χ1v) is 7.22. The second-order valence-corrected chi connectivity index (χ2v) is 5.70. The summed E-state index contributed by atoms with van der Waals surface area (Å²) in [7, 11) is 0. The average molecular weight is 255 g/mol. The van der Waals surface area contributed by atoms with E-state index in [0.717, 1.165) is 25.2 Å². The number of hydrogen-bond acceptors (Lipinski definition) is 3. The van der Waals surface area contributed by atoms with Crippen LogP contribution in [0.15, 0.2) is 0 Å². The standard InChI is InChI=1S/C14H25NO3/c1-3-4-13(16)15-9-12-10-17-14(18-12)7-5-11(2)6-8-14/h11-12H,3-10H2,1-2H3,(H,15,16)/t11?,12-,14?/m0/s1. The van der Waals surface area contributed by atoms with Crippen LogP contribution in [0.4, 0.5) is 0 Å². The smallest absolute Gasteiger partial charge is 0.220 e. The Bertz CT molecular complexity index is 285. The zero-order valence-corrected chi connectivity index (χ0v) is 11.5. The number of carbonyl (C=O) groups is 1. The minimum Gasteiger partial charge on any atom is -0.353 e. The maximum atomic E-state index is 11.4. The van der Waals surface area contributed by atoms with E-state index in [4.69, 9.17) is 9.47 Å². The molecule has 1 saturated carbocycles. The molecule has 4 nitrogen and oxygen atoms in total. The van der Waals surface area contributed by atoms with Crippen molar-refractivity contribution >= 4 is 5.91 Å². The normalized spacial score (nSPS) is 35.9. The van der Waals surface area contributed by atoms with Crippen LogP contribution in [0.3, 0.4) is 0 Å². The van der Waals surface area contributed by atoms with Gasteiger partial charge in [-0.3, -0.25) is 4.79 Å². The van der Waals surface area contributed by atoms with Gasteiger partial charge in [-0.2, -0.15) is 0 Å². The summed E-state index contributed by atoms with van der Waals surface area (Å²) in [5, 5.41) is 2.91. The van der Waals surface area contributed by atoms with E-state index in [0.29, 0.717) is 19.6 Å². The lowest BCUT2D eigenvalue weighted by molar-refractivity contribution is -0.191. The van der Waals surface area contributed by atoms with E-state index < -0.39 is 0 Å². The summed E-state index contributed by atoms with van der Waals surface area (Å²) in [4.78, 5) is 11.4. The van der Waals surface area contributed by atoms with E-state index in [-0.39, 0.29) is 17.8 Å². The molecule has 0 aromatic rings. The molecule has 1 heterocycles. The van der Waals surface area contributed by atoms with Gasteiger partial charge in [-0.1, -0.05) is 13.8 Å². The highest BCUT2D eigenvalue weighted by atomic mass is 16.7. The molecule has 0 unspecified atom stereocenters. The topological polar surface area (TPSA) is 47.6 Å². The van der Waals surface area contributed by atoms with Gasteiger partial charge in [0.25, 0.3) is 0 Å². The predicted molar refractivity (Wildman–Crippen MR) is 69.1 cm³/mol. The van der Waals surface area contributed by atoms with Crippen molar-refractivity contribution in [1.82, 2.24) is 5.32 Å². The van der Waals surface area contributed by atoms with Crippen molar-refractivity contribution in [2.75, 3.05) is 13.2 Å². The molecule has 1 N–H and O–H groups in total. The molecule has 2 rings (SSSR count). The molecule has 0 aromatic carbocycles. The minimum atomic E-state index is -0.341. The molecule has 18 heavy (non-hydrogen) atoms. The summed E-state index contributed by atoms with van der Waals surface area (Å²) in [6.45, 7) is 5.48. The Kier molecular flexibility index (Phi) is 4.62. The van der Waals surface area contributed by atoms with Gasteiger partial charge >= 0.3 is 0 Å². The lowest BCUT2D eigenvalue weighted by Crippen LogP contribution is -2.38. The van der Waals surface area contributed by atoms with Gasteiger partial charge in [-0.15, -0.1) is 0 Å². The summed E-state index contributed by atoms with van der Waals surface area (Å²) >= 11 is 0. The van der Waals surface area contributed by atoms with Gasteiger partial charge in [0.05, 0.1) is 6.61 Å². The maximum Gasteiger partial charge on any atom is 0.220 e. The molecular weight excluding hydrogens is 230 g/mol. The van der Waals surface area contributed by atoms with Crippen LogP contribution in [0.2, 0.25) is 0 Å². The number of hydrogen-bond donors (Lipinski definition) is 1. The first-order valence-electron chi connectivity index (χ1n) is 7.22. The van der Waals surface area contributed by atoms with Crippen molar-refractivity contribution in [2.45, 2.75) is 64.3 Å². The van der Waals surface area contributed by atoms with Crippen LogP contribution in [0, 0.1) is 5.92 Å². The number of rotatable bonds is 4. The quantitative estimate of drug-likeness (QED) is 0.838. The van der Waals surface area contributed by atoms with Crippen molar-refractivity contribution in [3.8, 4) is 0 Å². The third kappa shape index (κ3) is 3.45. The Balaban J connectivity index is 1.73. The van der Waals surface area contributed by atoms with Gasteiger partial charge in [0.1, 0.15) is 6.10 Å². The Morgan fingerprint density at radius 1 is 1.39 bits per heavy atom. The Morgan fingerprint density at radius 3 is 2.78 bits per heavy atom. The number of amides is 1. The Hall–Kier alpha value is -0.610. The molecule has 1 spiro atoms. The fraction of sp³-hybridized carbons (Fsp3) is 0.929. The van der Waals surface area contributed by atoms with Crippen LogP contribution >= 0.6 is 0 Å². The van der Waals surface area contributed by atoms with Crippen LogP contribution in [0.1, 0.15) is 52.4 Å². The lowest BCUT2D eigenvalue weighted by atomic mass is 9.86. The second kappa shape index (κ2) is 6.02. The van der Waals surface area contributed by atoms with Crippen LogP contribution in [0.25, 0.3) is 0 Å². The van der Waals surface area contributed by atoms with Crippen molar-refractivity contribution in [1.29, 1.82) is 0 Å². The van der Waals surface area contributed by atoms with Crippen molar-refractivity contribution < 1.29 is 14.3 Å². The van der Waals surface area contributed by atoms with Crippen LogP contribution < -0.4 is 5.32 Å². The molecule has 2 fully saturated rings. The summed E-state index contributed by atoms with van der Waals surface area (Å²) in [5.74, 6) is 0.553. The molecule has 104 valence electrons. The molecule has 1 aliphatic heterocycles. The SMILES string of the molecule is CCCC(=O)NC[C@H]1COC2(CCC(C)CC2)O1. The molecule has 2 aliphatic rings. The first-order chi connectivity index (χ1) is 8.63. The molecule has 0 radical (unpaired) electrons. The maximum absolute atomic E-state index is 11.4. The molecule has 0 bridgehead atoms. The van der Waals surface area contributed by atoms with Gasteiger partial charge in [0.2, 0.25) is 5.91 Å². The van der Waals surface area contributed by atoms with Gasteiger partial charge in [0.15, 0.2) is 5.79 Å². The van der Waals surface area contributed by atoms with Gasteiger partial charge in [-0.25, -0.2) is 0 Å². The number of carbonyl (C=O) groups excluding carboxylic acids is 1. The van der Waals surface area contributed by atoms with Crippen molar-refractivity contribution in [3.63, 3.8) is 0 Å². The summed E-state index contributed by atoms with van der Waals surface area (Å²) < 4.78 is 11.9. The summed E-state index contributed by atoms with van der Waals surface area (Å²) in [6, 6.07) is 0. The molecular formula is C14H25NO3. The molecule has 0 aromatic heterocycles. The third-order valence-corrected chi connectivity index (χ3v) is 3.95. The summed E-state index contributed by atoms with van der Waals surface area (Å²) in [5.41, 5.74) is 0. The third-order valence-electron chi connectivity index (χ3n) is 3.95. The lowest BCUT2D eigenvalue weighted by Gasteiger charge is -2.34. The molecule has 1 aliphatic carbocycles. The van der Waals surface area contributed by atoms with Crippen LogP contribution in [-0.2, 0) is 14.3 Å². The first kappa shape index (κ1) is 13.8. The Labute approximate surface area is 109 Å². The average Bonchev–Trinajstić information content (AvgIpc) is 2.75. The summed E-state index contributed by atoms with van der Waals surface area (Å²) in [6.07, 6.45) is 5.84. The second-order valence-electron chi connectivity index (χ2n) is 5.70. The van der Waals surface area contributed by atoms with E-state index in [1.54, 1.807) is 0 Å². The minimum absolute atomic E-state index is 0.0270. The van der Waals surface area contributed by atoms with E-state index in [9.17, 15) is 4.79 Å². The van der Waals surface area contributed by atoms with Crippen LogP contribution in [-0.4, -0.2) is 30.9 Å². The van der Waals surface area contributed by atoms with Crippen LogP contribution in [0.5, 0.6) is 0 Å². The molecule has 1 atom stereocenters. The fourth-order valence-corrected chi connectivity index (χ4v) is 2.72. The highest BCUT2D eigenvalue weighted by Crippen LogP contribution is 2.39. The number of nitrogens with one attached hydrogen (secondary N) is 1. The van der Waals surface area contributed by atoms with Gasteiger partial charge < -0.3 is 14.8 Å². The van der Waals surface area contributed by atoms with Crippen molar-refractivity contribution in [3.05, 3.63) is 0 Å². The highest BCUT2D eigenvalue weighted by molar-refractivity contribution is 5.75. The zero-order valence-electron chi connectivity index (χ0n) is 11.5. The molecule has 1 saturated heterocycles. The van der Waals surface area contributed by atoms with Gasteiger partial charge in [-0.05, 0) is 25.2 Å². The largest absolute Gasteiger partial charge is 0.353 e. The van der Waals surface area contributed by atoms with E-state index >= 15 is 0 Å². The highest BCUT2D eigenvalue weighted by Gasteiger charge is 2.43. The van der Waals surface area contributed by atoms with Crippen molar-refractivity contribution in [2.24, 2.45) is 5.92 Å². The number of ether oxygens (including phenoxy) is 2. The molecule has 1 amide bonds. The zero-order chi connectivity index (χ0) is 13.0. The van der Waals surface area contributed by atoms with Gasteiger partial charge in [0, 0.05) is 25.8 Å². The monoisotopic (exact) mass is 255 g/mol.